The van der Waals surface area contributed by atoms with E-state index in [-0.39, 0.29) is 29.4 Å². The molecule has 2 aliphatic heterocycles. The summed E-state index contributed by atoms with van der Waals surface area (Å²) < 4.78 is 6.60. The van der Waals surface area contributed by atoms with E-state index in [4.69, 9.17) is 4.74 Å². The predicted molar refractivity (Wildman–Crippen MR) is 166 cm³/mol. The molecule has 1 aliphatic carbocycles. The molecule has 0 aromatic heterocycles. The van der Waals surface area contributed by atoms with Crippen molar-refractivity contribution in [3.63, 3.8) is 0 Å². The minimum absolute atomic E-state index is 0.0179. The van der Waals surface area contributed by atoms with Crippen molar-refractivity contribution in [2.75, 3.05) is 39.3 Å². The summed E-state index contributed by atoms with van der Waals surface area (Å²) in [6, 6.07) is 14.4. The molecule has 42 heavy (non-hydrogen) atoms. The number of aryl methyl sites for hydroxylation is 1. The van der Waals surface area contributed by atoms with Crippen molar-refractivity contribution in [1.82, 2.24) is 20.0 Å². The summed E-state index contributed by atoms with van der Waals surface area (Å²) in [5.74, 6) is 0.273. The van der Waals surface area contributed by atoms with Gasteiger partial charge in [0.25, 0.3) is 0 Å². The first-order chi connectivity index (χ1) is 20.0. The lowest BCUT2D eigenvalue weighted by molar-refractivity contribution is -0.133. The van der Waals surface area contributed by atoms with Gasteiger partial charge in [0.2, 0.25) is 5.91 Å². The highest BCUT2D eigenvalue weighted by Crippen LogP contribution is 2.55. The lowest BCUT2D eigenvalue weighted by Crippen LogP contribution is -2.51. The molecule has 9 heteroatoms. The molecule has 1 spiro atoms. The number of hydrogen-bond acceptors (Lipinski definition) is 4. The van der Waals surface area contributed by atoms with E-state index in [2.05, 4.69) is 58.5 Å². The number of likely N-dealkylation sites (tertiary alicyclic amines) is 1. The Balaban J connectivity index is 1.19. The van der Waals surface area contributed by atoms with Crippen LogP contribution >= 0.6 is 15.9 Å². The van der Waals surface area contributed by atoms with Crippen LogP contribution in [0.5, 0.6) is 0 Å². The molecule has 1 unspecified atom stereocenters. The fourth-order valence-electron chi connectivity index (χ4n) is 6.79. The largest absolute Gasteiger partial charge is 0.444 e. The number of fused-ring (bicyclic) bond motifs is 2. The molecule has 0 saturated carbocycles. The lowest BCUT2D eigenvalue weighted by atomic mass is 9.73. The minimum atomic E-state index is -0.536. The first kappa shape index (κ1) is 30.4. The van der Waals surface area contributed by atoms with Gasteiger partial charge in [0.15, 0.2) is 0 Å². The van der Waals surface area contributed by atoms with Crippen LogP contribution in [0.2, 0.25) is 0 Å². The van der Waals surface area contributed by atoms with E-state index >= 15 is 0 Å². The second-order valence-electron chi connectivity index (χ2n) is 13.0. The topological polar surface area (TPSA) is 82.2 Å². The number of amides is 4. The number of piperazine rings is 1. The monoisotopic (exact) mass is 638 g/mol. The van der Waals surface area contributed by atoms with Gasteiger partial charge in [-0.15, -0.1) is 0 Å². The maximum atomic E-state index is 13.5. The summed E-state index contributed by atoms with van der Waals surface area (Å²) in [5, 5.41) is 3.11. The van der Waals surface area contributed by atoms with E-state index in [9.17, 15) is 14.4 Å². The molecule has 2 fully saturated rings. The Hall–Kier alpha value is -3.07. The highest BCUT2D eigenvalue weighted by atomic mass is 79.9. The van der Waals surface area contributed by atoms with E-state index in [1.807, 2.05) is 42.7 Å². The van der Waals surface area contributed by atoms with E-state index in [0.717, 1.165) is 29.3 Å². The molecular formula is C33H43BrN4O4. The Morgan fingerprint density at radius 3 is 2.26 bits per heavy atom. The number of halogens is 1. The molecule has 1 atom stereocenters. The molecular weight excluding hydrogens is 596 g/mol. The zero-order valence-electron chi connectivity index (χ0n) is 25.2. The number of rotatable bonds is 4. The molecule has 0 radical (unpaired) electrons. The van der Waals surface area contributed by atoms with Crippen molar-refractivity contribution in [1.29, 1.82) is 0 Å². The number of hydrogen-bond donors (Lipinski definition) is 1. The van der Waals surface area contributed by atoms with E-state index < -0.39 is 5.60 Å². The summed E-state index contributed by atoms with van der Waals surface area (Å²) in [6.07, 6.45) is 2.80. The molecule has 1 N–H and O–H groups in total. The van der Waals surface area contributed by atoms with Crippen molar-refractivity contribution in [2.45, 2.75) is 76.9 Å². The first-order valence-electron chi connectivity index (χ1n) is 15.1. The van der Waals surface area contributed by atoms with Crippen LogP contribution in [0.1, 0.15) is 74.6 Å². The maximum Gasteiger partial charge on any atom is 0.410 e. The number of carbonyl (C=O) groups excluding carboxylic acids is 3. The zero-order chi connectivity index (χ0) is 30.1. The molecule has 2 aromatic carbocycles. The predicted octanol–water partition coefficient (Wildman–Crippen LogP) is 5.96. The van der Waals surface area contributed by atoms with Gasteiger partial charge in [-0.2, -0.15) is 0 Å². The SMILES string of the molecule is Cc1ccccc1CNC(=O)N1CCC2(CC1)CC(CC(=O)N1CCN(C(=O)OC(C)(C)C)CC1)c1cccc(Br)c12. The third-order valence-electron chi connectivity index (χ3n) is 9.06. The van der Waals surface area contributed by atoms with Crippen LogP contribution in [0.4, 0.5) is 9.59 Å². The second kappa shape index (κ2) is 12.3. The summed E-state index contributed by atoms with van der Waals surface area (Å²) in [7, 11) is 0. The number of carbonyl (C=O) groups is 3. The molecule has 226 valence electrons. The number of nitrogens with one attached hydrogen (secondary N) is 1. The lowest BCUT2D eigenvalue weighted by Gasteiger charge is -2.41. The third-order valence-corrected chi connectivity index (χ3v) is 9.72. The van der Waals surface area contributed by atoms with Gasteiger partial charge < -0.3 is 24.8 Å². The number of benzene rings is 2. The number of ether oxygens (including phenoxy) is 1. The van der Waals surface area contributed by atoms with Gasteiger partial charge in [-0.3, -0.25) is 4.79 Å². The summed E-state index contributed by atoms with van der Waals surface area (Å²) in [4.78, 5) is 44.5. The van der Waals surface area contributed by atoms with Gasteiger partial charge in [0.05, 0.1) is 0 Å². The third kappa shape index (κ3) is 6.61. The molecule has 2 heterocycles. The molecule has 5 rings (SSSR count). The Morgan fingerprint density at radius 2 is 1.60 bits per heavy atom. The average Bonchev–Trinajstić information content (AvgIpc) is 3.25. The number of piperidine rings is 1. The highest BCUT2D eigenvalue weighted by Gasteiger charge is 2.47. The van der Waals surface area contributed by atoms with Gasteiger partial charge in [-0.1, -0.05) is 52.3 Å². The van der Waals surface area contributed by atoms with Gasteiger partial charge in [0, 0.05) is 62.1 Å². The Kier molecular flexibility index (Phi) is 8.88. The van der Waals surface area contributed by atoms with Crippen molar-refractivity contribution in [3.05, 3.63) is 69.2 Å². The van der Waals surface area contributed by atoms with E-state index in [1.54, 1.807) is 4.90 Å². The summed E-state index contributed by atoms with van der Waals surface area (Å²) in [6.45, 7) is 11.6. The second-order valence-corrected chi connectivity index (χ2v) is 13.9. The van der Waals surface area contributed by atoms with Gasteiger partial charge >= 0.3 is 12.1 Å². The fourth-order valence-corrected chi connectivity index (χ4v) is 7.60. The normalized spacial score (nSPS) is 19.9. The van der Waals surface area contributed by atoms with Crippen LogP contribution in [-0.2, 0) is 21.5 Å². The van der Waals surface area contributed by atoms with Gasteiger partial charge in [-0.05, 0) is 81.2 Å². The Labute approximate surface area is 257 Å². The number of nitrogens with zero attached hydrogens (tertiary/aromatic N) is 3. The van der Waals surface area contributed by atoms with E-state index in [1.165, 1.54) is 16.7 Å². The molecule has 0 bridgehead atoms. The fraction of sp³-hybridized carbons (Fsp3) is 0.545. The van der Waals surface area contributed by atoms with Crippen molar-refractivity contribution >= 4 is 34.0 Å². The van der Waals surface area contributed by atoms with Crippen molar-refractivity contribution < 1.29 is 19.1 Å². The maximum absolute atomic E-state index is 13.5. The molecule has 8 nitrogen and oxygen atoms in total. The van der Waals surface area contributed by atoms with Gasteiger partial charge in [-0.25, -0.2) is 9.59 Å². The average molecular weight is 640 g/mol. The van der Waals surface area contributed by atoms with Crippen LogP contribution in [0.3, 0.4) is 0 Å². The van der Waals surface area contributed by atoms with Crippen LogP contribution in [0.25, 0.3) is 0 Å². The van der Waals surface area contributed by atoms with Crippen LogP contribution in [0.15, 0.2) is 46.9 Å². The summed E-state index contributed by atoms with van der Waals surface area (Å²) in [5.41, 5.74) is 4.29. The van der Waals surface area contributed by atoms with Gasteiger partial charge in [0.1, 0.15) is 5.60 Å². The standard InChI is InChI=1S/C33H43BrN4O4/c1-23-8-5-6-9-24(23)22-35-30(40)37-14-12-33(13-15-37)21-25(26-10-7-11-27(34)29(26)33)20-28(39)36-16-18-38(19-17-36)31(41)42-32(2,3)4/h5-11,25H,12-22H2,1-4H3,(H,35,40). The molecule has 2 aromatic rings. The van der Waals surface area contributed by atoms with Crippen LogP contribution in [-0.4, -0.2) is 77.6 Å². The zero-order valence-corrected chi connectivity index (χ0v) is 26.8. The van der Waals surface area contributed by atoms with E-state index in [0.29, 0.717) is 52.2 Å². The number of urea groups is 1. The smallest absolute Gasteiger partial charge is 0.410 e. The molecule has 2 saturated heterocycles. The van der Waals surface area contributed by atoms with Crippen LogP contribution < -0.4 is 5.32 Å². The molecule has 4 amide bonds. The van der Waals surface area contributed by atoms with Crippen LogP contribution in [0, 0.1) is 6.92 Å². The molecule has 3 aliphatic rings. The van der Waals surface area contributed by atoms with Crippen molar-refractivity contribution in [3.8, 4) is 0 Å². The highest BCUT2D eigenvalue weighted by molar-refractivity contribution is 9.10. The van der Waals surface area contributed by atoms with Crippen molar-refractivity contribution in [2.24, 2.45) is 0 Å². The summed E-state index contributed by atoms with van der Waals surface area (Å²) >= 11 is 3.83. The minimum Gasteiger partial charge on any atom is -0.444 e. The Morgan fingerprint density at radius 1 is 0.929 bits per heavy atom. The Bertz CT molecular complexity index is 1320. The quantitative estimate of drug-likeness (QED) is 0.448. The first-order valence-corrected chi connectivity index (χ1v) is 15.9.